The van der Waals surface area contributed by atoms with Gasteiger partial charge in [-0.15, -0.1) is 13.2 Å². The predicted octanol–water partition coefficient (Wildman–Crippen LogP) is 4.51. The third-order valence-electron chi connectivity index (χ3n) is 5.97. The number of carbonyl (C=O) groups is 1. The number of halogens is 3. The lowest BCUT2D eigenvalue weighted by Crippen LogP contribution is -2.32. The van der Waals surface area contributed by atoms with Crippen molar-refractivity contribution in [2.75, 3.05) is 13.7 Å². The maximum Gasteiger partial charge on any atom is 0.573 e. The molecule has 0 bridgehead atoms. The van der Waals surface area contributed by atoms with E-state index in [1.807, 2.05) is 6.92 Å². The Morgan fingerprint density at radius 3 is 2.62 bits per heavy atom. The van der Waals surface area contributed by atoms with Crippen LogP contribution in [0.4, 0.5) is 13.2 Å². The van der Waals surface area contributed by atoms with Crippen LogP contribution < -0.4 is 9.47 Å². The minimum Gasteiger partial charge on any atom is -0.496 e. The number of nitrogens with zero attached hydrogens (tertiary/aromatic N) is 6. The topological polar surface area (TPSA) is 108 Å². The van der Waals surface area contributed by atoms with Crippen LogP contribution in [0.15, 0.2) is 53.3 Å². The van der Waals surface area contributed by atoms with Gasteiger partial charge in [-0.25, -0.2) is 0 Å². The molecule has 1 fully saturated rings. The molecule has 4 aromatic rings. The smallest absolute Gasteiger partial charge is 0.496 e. The normalized spacial score (nSPS) is 15.7. The molecule has 13 heteroatoms. The van der Waals surface area contributed by atoms with E-state index >= 15 is 0 Å². The van der Waals surface area contributed by atoms with Crippen LogP contribution in [0.5, 0.6) is 11.5 Å². The summed E-state index contributed by atoms with van der Waals surface area (Å²) < 4.78 is 53.4. The Kier molecular flexibility index (Phi) is 6.27. The molecule has 1 unspecified atom stereocenters. The summed E-state index contributed by atoms with van der Waals surface area (Å²) in [6.45, 7) is 2.27. The number of methoxy groups -OCH3 is 1. The Labute approximate surface area is 208 Å². The molecule has 1 atom stereocenters. The van der Waals surface area contributed by atoms with E-state index < -0.39 is 18.2 Å². The zero-order valence-corrected chi connectivity index (χ0v) is 19.8. The largest absolute Gasteiger partial charge is 0.573 e. The average Bonchev–Trinajstić information content (AvgIpc) is 3.64. The third kappa shape index (κ3) is 4.84. The van der Waals surface area contributed by atoms with E-state index in [0.717, 1.165) is 11.6 Å². The van der Waals surface area contributed by atoms with Crippen molar-refractivity contribution in [1.29, 1.82) is 0 Å². The molecule has 192 valence electrons. The first-order chi connectivity index (χ1) is 17.7. The lowest BCUT2D eigenvalue weighted by atomic mass is 10.1. The second-order valence-corrected chi connectivity index (χ2v) is 8.32. The molecule has 10 nitrogen and oxygen atoms in total. The number of ether oxygens (including phenoxy) is 2. The molecule has 0 saturated carbocycles. The van der Waals surface area contributed by atoms with Gasteiger partial charge in [0.1, 0.15) is 11.5 Å². The number of hydrogen-bond donors (Lipinski definition) is 0. The van der Waals surface area contributed by atoms with Crippen LogP contribution >= 0.6 is 0 Å². The molecule has 37 heavy (non-hydrogen) atoms. The van der Waals surface area contributed by atoms with Crippen LogP contribution in [-0.2, 0) is 0 Å². The summed E-state index contributed by atoms with van der Waals surface area (Å²) in [5, 5.41) is 12.3. The highest BCUT2D eigenvalue weighted by atomic mass is 19.4. The number of rotatable bonds is 6. The van der Waals surface area contributed by atoms with Gasteiger partial charge in [0.2, 0.25) is 0 Å². The number of amides is 1. The highest BCUT2D eigenvalue weighted by Gasteiger charge is 2.37. The fourth-order valence-electron chi connectivity index (χ4n) is 4.34. The number of likely N-dealkylation sites (tertiary alicyclic amines) is 1. The molecular formula is C24H21F3N6O4. The molecular weight excluding hydrogens is 493 g/mol. The zero-order valence-electron chi connectivity index (χ0n) is 19.8. The van der Waals surface area contributed by atoms with Gasteiger partial charge in [0.05, 0.1) is 42.4 Å². The SMILES string of the molecule is COc1cc(C(=O)N2CCCC2c2noc(-c3ccccc3OC(F)(F)F)n2)c(-n2nccn2)cc1C. The Morgan fingerprint density at radius 1 is 1.14 bits per heavy atom. The molecule has 0 N–H and O–H groups in total. The second kappa shape index (κ2) is 9.56. The van der Waals surface area contributed by atoms with Crippen LogP contribution in [0.3, 0.4) is 0 Å². The van der Waals surface area contributed by atoms with Crippen molar-refractivity contribution in [3.63, 3.8) is 0 Å². The number of hydrogen-bond acceptors (Lipinski definition) is 8. The summed E-state index contributed by atoms with van der Waals surface area (Å²) >= 11 is 0. The van der Waals surface area contributed by atoms with Gasteiger partial charge in [-0.1, -0.05) is 17.3 Å². The maximum absolute atomic E-state index is 13.8. The van der Waals surface area contributed by atoms with Gasteiger partial charge in [-0.05, 0) is 49.6 Å². The molecule has 0 aliphatic carbocycles. The number of aryl methyl sites for hydroxylation is 1. The van der Waals surface area contributed by atoms with E-state index in [-0.39, 0.29) is 23.2 Å². The summed E-state index contributed by atoms with van der Waals surface area (Å²) in [5.74, 6) is -0.223. The molecule has 1 saturated heterocycles. The second-order valence-electron chi connectivity index (χ2n) is 8.32. The van der Waals surface area contributed by atoms with Crippen LogP contribution in [0, 0.1) is 6.92 Å². The lowest BCUT2D eigenvalue weighted by Gasteiger charge is -2.24. The van der Waals surface area contributed by atoms with Crippen LogP contribution in [0.25, 0.3) is 17.1 Å². The van der Waals surface area contributed by atoms with E-state index in [1.54, 1.807) is 17.0 Å². The number of alkyl halides is 3. The predicted molar refractivity (Wildman–Crippen MR) is 122 cm³/mol. The molecule has 2 aromatic heterocycles. The standard InChI is InChI=1S/C24H21F3N6O4/c1-14-12-18(33-28-9-10-29-33)16(13-20(14)35-2)23(34)32-11-5-7-17(32)21-30-22(37-31-21)15-6-3-4-8-19(15)36-24(25,26)27/h3-4,6,8-10,12-13,17H,5,7,11H2,1-2H3. The zero-order chi connectivity index (χ0) is 26.2. The quantitative estimate of drug-likeness (QED) is 0.370. The molecule has 0 spiro atoms. The number of benzene rings is 2. The van der Waals surface area contributed by atoms with Crippen molar-refractivity contribution >= 4 is 5.91 Å². The van der Waals surface area contributed by atoms with Gasteiger partial charge in [0.15, 0.2) is 5.82 Å². The summed E-state index contributed by atoms with van der Waals surface area (Å²) in [6, 6.07) is 8.33. The molecule has 1 amide bonds. The van der Waals surface area contributed by atoms with Gasteiger partial charge in [0.25, 0.3) is 11.8 Å². The molecule has 3 heterocycles. The summed E-state index contributed by atoms with van der Waals surface area (Å²) in [7, 11) is 1.52. The number of aromatic nitrogens is 5. The Balaban J connectivity index is 1.48. The fourth-order valence-corrected chi connectivity index (χ4v) is 4.34. The van der Waals surface area contributed by atoms with Gasteiger partial charge >= 0.3 is 6.36 Å². The maximum atomic E-state index is 13.8. The molecule has 0 radical (unpaired) electrons. The van der Waals surface area contributed by atoms with E-state index in [0.29, 0.717) is 36.4 Å². The van der Waals surface area contributed by atoms with Crippen molar-refractivity contribution in [2.45, 2.75) is 32.2 Å². The number of para-hydroxylation sites is 1. The Hall–Kier alpha value is -4.42. The molecule has 1 aliphatic heterocycles. The first-order valence-corrected chi connectivity index (χ1v) is 11.3. The monoisotopic (exact) mass is 514 g/mol. The van der Waals surface area contributed by atoms with Crippen molar-refractivity contribution < 1.29 is 32.0 Å². The highest BCUT2D eigenvalue weighted by molar-refractivity contribution is 5.98. The van der Waals surface area contributed by atoms with Crippen molar-refractivity contribution in [2.24, 2.45) is 0 Å². The summed E-state index contributed by atoms with van der Waals surface area (Å²) in [5.41, 5.74) is 1.58. The van der Waals surface area contributed by atoms with Gasteiger partial charge in [-0.2, -0.15) is 20.0 Å². The van der Waals surface area contributed by atoms with Crippen LogP contribution in [-0.4, -0.2) is 56.0 Å². The first kappa shape index (κ1) is 24.3. The third-order valence-corrected chi connectivity index (χ3v) is 5.97. The molecule has 1 aliphatic rings. The van der Waals surface area contributed by atoms with E-state index in [1.165, 1.54) is 42.5 Å². The average molecular weight is 514 g/mol. The fraction of sp³-hybridized carbons (Fsp3) is 0.292. The summed E-state index contributed by atoms with van der Waals surface area (Å²) in [6.07, 6.45) is -0.651. The van der Waals surface area contributed by atoms with E-state index in [4.69, 9.17) is 9.26 Å². The molecule has 5 rings (SSSR count). The Morgan fingerprint density at radius 2 is 1.89 bits per heavy atom. The Bertz CT molecular complexity index is 1420. The number of carbonyl (C=O) groups excluding carboxylic acids is 1. The van der Waals surface area contributed by atoms with Crippen LogP contribution in [0.2, 0.25) is 0 Å². The van der Waals surface area contributed by atoms with Crippen molar-refractivity contribution in [3.05, 3.63) is 65.7 Å². The highest BCUT2D eigenvalue weighted by Crippen LogP contribution is 2.37. The minimum absolute atomic E-state index is 0.00948. The van der Waals surface area contributed by atoms with Gasteiger partial charge < -0.3 is 18.9 Å². The van der Waals surface area contributed by atoms with Crippen molar-refractivity contribution in [1.82, 2.24) is 30.0 Å². The minimum atomic E-state index is -4.89. The first-order valence-electron chi connectivity index (χ1n) is 11.3. The van der Waals surface area contributed by atoms with Gasteiger partial charge in [0, 0.05) is 6.54 Å². The van der Waals surface area contributed by atoms with E-state index in [9.17, 15) is 18.0 Å². The van der Waals surface area contributed by atoms with Gasteiger partial charge in [-0.3, -0.25) is 4.79 Å². The molecule has 2 aromatic carbocycles. The summed E-state index contributed by atoms with van der Waals surface area (Å²) in [4.78, 5) is 21.1. The van der Waals surface area contributed by atoms with Crippen molar-refractivity contribution in [3.8, 4) is 28.6 Å². The van der Waals surface area contributed by atoms with Crippen LogP contribution in [0.1, 0.15) is 40.6 Å². The van der Waals surface area contributed by atoms with E-state index in [2.05, 4.69) is 25.1 Å². The lowest BCUT2D eigenvalue weighted by molar-refractivity contribution is -0.274.